The second-order valence-electron chi connectivity index (χ2n) is 6.60. The molecule has 4 rings (SSSR count). The Kier molecular flexibility index (Phi) is 2.05. The average Bonchev–Trinajstić information content (AvgIpc) is 2.59. The molecule has 2 heterocycles. The molecule has 1 aromatic carbocycles. The van der Waals surface area contributed by atoms with E-state index in [2.05, 4.69) is 42.1 Å². The van der Waals surface area contributed by atoms with Gasteiger partial charge in [-0.05, 0) is 30.4 Å². The van der Waals surface area contributed by atoms with E-state index in [4.69, 9.17) is 0 Å². The van der Waals surface area contributed by atoms with Gasteiger partial charge in [-0.15, -0.1) is 0 Å². The van der Waals surface area contributed by atoms with Crippen molar-refractivity contribution in [2.45, 2.75) is 26.7 Å². The summed E-state index contributed by atoms with van der Waals surface area (Å²) in [5.74, 6) is -0.108. The van der Waals surface area contributed by atoms with Crippen LogP contribution in [-0.4, -0.2) is 16.2 Å². The number of hydrazone groups is 1. The standard InChI is InChI=1S/C16H17N3O/c1-16(2)7-10-14-12(8-16)19(3)11-6-4-5-9(13(11)14)15(20)18-17-10/h4-6H,7-8H2,1-3H3,(H,18,20). The summed E-state index contributed by atoms with van der Waals surface area (Å²) in [7, 11) is 2.09. The Balaban J connectivity index is 2.19. The van der Waals surface area contributed by atoms with Crippen LogP contribution < -0.4 is 5.43 Å². The third-order valence-corrected chi connectivity index (χ3v) is 4.46. The Morgan fingerprint density at radius 3 is 2.90 bits per heavy atom. The minimum absolute atomic E-state index is 0.108. The topological polar surface area (TPSA) is 46.4 Å². The molecular formula is C16H17N3O. The molecule has 0 fully saturated rings. The fourth-order valence-electron chi connectivity index (χ4n) is 3.58. The highest BCUT2D eigenvalue weighted by Crippen LogP contribution is 2.41. The number of aromatic nitrogens is 1. The fraction of sp³-hybridized carbons (Fsp3) is 0.375. The first-order chi connectivity index (χ1) is 9.48. The third kappa shape index (κ3) is 1.36. The van der Waals surface area contributed by atoms with Crippen LogP contribution in [0.5, 0.6) is 0 Å². The first-order valence-corrected chi connectivity index (χ1v) is 6.95. The predicted molar refractivity (Wildman–Crippen MR) is 79.0 cm³/mol. The van der Waals surface area contributed by atoms with E-state index in [1.54, 1.807) is 0 Å². The molecule has 1 aromatic heterocycles. The first-order valence-electron chi connectivity index (χ1n) is 6.95. The molecule has 102 valence electrons. The number of aryl methyl sites for hydroxylation is 1. The van der Waals surface area contributed by atoms with Crippen molar-refractivity contribution in [3.63, 3.8) is 0 Å². The Morgan fingerprint density at radius 2 is 2.10 bits per heavy atom. The van der Waals surface area contributed by atoms with Crippen molar-refractivity contribution in [3.05, 3.63) is 35.0 Å². The van der Waals surface area contributed by atoms with Crippen molar-refractivity contribution in [3.8, 4) is 0 Å². The van der Waals surface area contributed by atoms with E-state index < -0.39 is 0 Å². The van der Waals surface area contributed by atoms with Crippen molar-refractivity contribution in [1.29, 1.82) is 0 Å². The van der Waals surface area contributed by atoms with Crippen LogP contribution >= 0.6 is 0 Å². The van der Waals surface area contributed by atoms with Crippen LogP contribution in [0.4, 0.5) is 0 Å². The second-order valence-corrected chi connectivity index (χ2v) is 6.60. The first kappa shape index (κ1) is 11.7. The fourth-order valence-corrected chi connectivity index (χ4v) is 3.58. The van der Waals surface area contributed by atoms with Crippen LogP contribution in [-0.2, 0) is 13.5 Å². The molecule has 1 N–H and O–H groups in total. The maximum absolute atomic E-state index is 12.2. The van der Waals surface area contributed by atoms with Crippen LogP contribution in [0.2, 0.25) is 0 Å². The van der Waals surface area contributed by atoms with Crippen LogP contribution in [0.3, 0.4) is 0 Å². The summed E-state index contributed by atoms with van der Waals surface area (Å²) in [6.45, 7) is 4.51. The minimum Gasteiger partial charge on any atom is -0.347 e. The number of rotatable bonds is 0. The van der Waals surface area contributed by atoms with Crippen molar-refractivity contribution in [2.24, 2.45) is 17.6 Å². The van der Waals surface area contributed by atoms with Gasteiger partial charge < -0.3 is 4.57 Å². The van der Waals surface area contributed by atoms with Crippen LogP contribution in [0.15, 0.2) is 23.3 Å². The lowest BCUT2D eigenvalue weighted by Crippen LogP contribution is -2.29. The maximum Gasteiger partial charge on any atom is 0.272 e. The number of hydrogen-bond donors (Lipinski definition) is 1. The molecule has 4 nitrogen and oxygen atoms in total. The Labute approximate surface area is 117 Å². The molecule has 2 aromatic rings. The summed E-state index contributed by atoms with van der Waals surface area (Å²) >= 11 is 0. The van der Waals surface area contributed by atoms with Gasteiger partial charge in [-0.3, -0.25) is 4.79 Å². The zero-order chi connectivity index (χ0) is 14.1. The van der Waals surface area contributed by atoms with E-state index in [0.29, 0.717) is 0 Å². The molecule has 1 amide bonds. The average molecular weight is 267 g/mol. The zero-order valence-corrected chi connectivity index (χ0v) is 11.9. The smallest absolute Gasteiger partial charge is 0.272 e. The van der Waals surface area contributed by atoms with Crippen LogP contribution in [0.1, 0.15) is 41.9 Å². The lowest BCUT2D eigenvalue weighted by Gasteiger charge is -2.31. The lowest BCUT2D eigenvalue weighted by molar-refractivity contribution is 0.0956. The van der Waals surface area contributed by atoms with Crippen molar-refractivity contribution in [2.75, 3.05) is 0 Å². The van der Waals surface area contributed by atoms with Crippen LogP contribution in [0.25, 0.3) is 10.9 Å². The number of benzene rings is 1. The summed E-state index contributed by atoms with van der Waals surface area (Å²) in [6.07, 6.45) is 1.91. The molecule has 0 bridgehead atoms. The number of carbonyl (C=O) groups excluding carboxylic acids is 1. The van der Waals surface area contributed by atoms with Crippen molar-refractivity contribution >= 4 is 22.5 Å². The summed E-state index contributed by atoms with van der Waals surface area (Å²) < 4.78 is 2.23. The van der Waals surface area contributed by atoms with E-state index in [1.807, 2.05) is 12.1 Å². The normalized spacial score (nSPS) is 19.6. The molecule has 0 spiro atoms. The Hall–Kier alpha value is -2.10. The highest BCUT2D eigenvalue weighted by molar-refractivity contribution is 6.21. The molecule has 0 unspecified atom stereocenters. The molecule has 0 atom stereocenters. The van der Waals surface area contributed by atoms with E-state index in [-0.39, 0.29) is 11.3 Å². The van der Waals surface area contributed by atoms with E-state index in [0.717, 1.165) is 35.0 Å². The van der Waals surface area contributed by atoms with Crippen molar-refractivity contribution < 1.29 is 4.79 Å². The minimum atomic E-state index is -0.108. The van der Waals surface area contributed by atoms with Gasteiger partial charge in [0.25, 0.3) is 5.91 Å². The number of amides is 1. The summed E-state index contributed by atoms with van der Waals surface area (Å²) in [6, 6.07) is 5.91. The summed E-state index contributed by atoms with van der Waals surface area (Å²) in [5, 5.41) is 5.45. The van der Waals surface area contributed by atoms with Gasteiger partial charge in [-0.2, -0.15) is 5.10 Å². The highest BCUT2D eigenvalue weighted by Gasteiger charge is 2.36. The highest BCUT2D eigenvalue weighted by atomic mass is 16.2. The molecule has 1 aliphatic carbocycles. The maximum atomic E-state index is 12.2. The molecule has 20 heavy (non-hydrogen) atoms. The van der Waals surface area contributed by atoms with Gasteiger partial charge in [0.2, 0.25) is 0 Å². The molecule has 2 aliphatic rings. The van der Waals surface area contributed by atoms with E-state index in [9.17, 15) is 4.79 Å². The van der Waals surface area contributed by atoms with Crippen LogP contribution in [0, 0.1) is 5.41 Å². The number of carbonyl (C=O) groups is 1. The lowest BCUT2D eigenvalue weighted by atomic mass is 9.75. The quantitative estimate of drug-likeness (QED) is 0.783. The van der Waals surface area contributed by atoms with Gasteiger partial charge in [-0.1, -0.05) is 19.9 Å². The zero-order valence-electron chi connectivity index (χ0n) is 11.9. The van der Waals surface area contributed by atoms with Gasteiger partial charge >= 0.3 is 0 Å². The third-order valence-electron chi connectivity index (χ3n) is 4.46. The number of hydrogen-bond acceptors (Lipinski definition) is 2. The number of nitrogens with zero attached hydrogens (tertiary/aromatic N) is 2. The number of nitrogens with one attached hydrogen (secondary N) is 1. The monoisotopic (exact) mass is 267 g/mol. The largest absolute Gasteiger partial charge is 0.347 e. The van der Waals surface area contributed by atoms with Gasteiger partial charge in [0.05, 0.1) is 11.3 Å². The van der Waals surface area contributed by atoms with E-state index in [1.165, 1.54) is 11.3 Å². The molecule has 0 radical (unpaired) electrons. The Bertz CT molecular complexity index is 796. The Morgan fingerprint density at radius 1 is 1.30 bits per heavy atom. The van der Waals surface area contributed by atoms with Gasteiger partial charge in [-0.25, -0.2) is 5.43 Å². The SMILES string of the molecule is Cn1c2c3c4c(cccc41)C(=O)NN=C3CC(C)(C)C2. The van der Waals surface area contributed by atoms with Crippen molar-refractivity contribution in [1.82, 2.24) is 9.99 Å². The predicted octanol–water partition coefficient (Wildman–Crippen LogP) is 2.60. The summed E-state index contributed by atoms with van der Waals surface area (Å²) in [5.41, 5.74) is 8.20. The van der Waals surface area contributed by atoms with Gasteiger partial charge in [0, 0.05) is 29.2 Å². The molecule has 4 heteroatoms. The second kappa shape index (κ2) is 3.51. The molecular weight excluding hydrogens is 250 g/mol. The molecule has 0 saturated carbocycles. The van der Waals surface area contributed by atoms with E-state index >= 15 is 0 Å². The summed E-state index contributed by atoms with van der Waals surface area (Å²) in [4.78, 5) is 12.2. The molecule has 1 aliphatic heterocycles. The van der Waals surface area contributed by atoms with Gasteiger partial charge in [0.15, 0.2) is 0 Å². The van der Waals surface area contributed by atoms with Gasteiger partial charge in [0.1, 0.15) is 0 Å². The molecule has 0 saturated heterocycles.